The van der Waals surface area contributed by atoms with Crippen molar-refractivity contribution in [2.45, 2.75) is 12.1 Å². The zero-order valence-corrected chi connectivity index (χ0v) is 10.8. The van der Waals surface area contributed by atoms with Crippen LogP contribution in [-0.4, -0.2) is 0 Å². The van der Waals surface area contributed by atoms with Crippen molar-refractivity contribution < 1.29 is 17.9 Å². The number of fused-ring (bicyclic) bond motifs is 1. The van der Waals surface area contributed by atoms with Gasteiger partial charge < -0.3 is 10.5 Å². The number of allylic oxidation sites excluding steroid dienone is 1. The second-order valence-electron chi connectivity index (χ2n) is 4.43. The molecule has 8 heteroatoms. The Hall–Kier alpha value is -3.18. The summed E-state index contributed by atoms with van der Waals surface area (Å²) in [6.07, 6.45) is -4.70. The highest BCUT2D eigenvalue weighted by Crippen LogP contribution is 2.47. The molecule has 1 heterocycles. The fourth-order valence-electron chi connectivity index (χ4n) is 2.26. The third-order valence-corrected chi connectivity index (χ3v) is 3.21. The molecule has 0 aliphatic carbocycles. The SMILES string of the molecule is N#CC1=C(N)Oc2c(cccc2C(F)(F)F)C1C(C#N)C#N. The molecule has 1 aromatic rings. The van der Waals surface area contributed by atoms with E-state index in [-0.39, 0.29) is 11.1 Å². The van der Waals surface area contributed by atoms with Gasteiger partial charge in [0.15, 0.2) is 0 Å². The van der Waals surface area contributed by atoms with Gasteiger partial charge in [-0.05, 0) is 6.07 Å². The summed E-state index contributed by atoms with van der Waals surface area (Å²) < 4.78 is 44.1. The topological polar surface area (TPSA) is 107 Å². The normalized spacial score (nSPS) is 17.0. The second kappa shape index (κ2) is 5.31. The summed E-state index contributed by atoms with van der Waals surface area (Å²) >= 11 is 0. The van der Waals surface area contributed by atoms with E-state index in [1.165, 1.54) is 6.07 Å². The Morgan fingerprint density at radius 3 is 2.32 bits per heavy atom. The molecule has 5 nitrogen and oxygen atoms in total. The van der Waals surface area contributed by atoms with Gasteiger partial charge in [0, 0.05) is 5.56 Å². The summed E-state index contributed by atoms with van der Waals surface area (Å²) in [6, 6.07) is 8.24. The first kappa shape index (κ1) is 15.2. The van der Waals surface area contributed by atoms with E-state index in [1.807, 2.05) is 0 Å². The van der Waals surface area contributed by atoms with Gasteiger partial charge in [0.05, 0.1) is 29.2 Å². The number of nitriles is 3. The van der Waals surface area contributed by atoms with Crippen LogP contribution in [0.15, 0.2) is 29.7 Å². The molecular formula is C14H7F3N4O. The van der Waals surface area contributed by atoms with Crippen LogP contribution in [0.1, 0.15) is 17.0 Å². The average Bonchev–Trinajstić information content (AvgIpc) is 2.46. The Morgan fingerprint density at radius 1 is 1.18 bits per heavy atom. The molecule has 0 bridgehead atoms. The molecule has 2 rings (SSSR count). The number of halogens is 3. The van der Waals surface area contributed by atoms with Gasteiger partial charge in [0.1, 0.15) is 17.7 Å². The van der Waals surface area contributed by atoms with Crippen LogP contribution in [0, 0.1) is 39.9 Å². The number of nitrogens with zero attached hydrogens (tertiary/aromatic N) is 3. The van der Waals surface area contributed by atoms with Crippen molar-refractivity contribution in [2.75, 3.05) is 0 Å². The molecule has 110 valence electrons. The zero-order valence-electron chi connectivity index (χ0n) is 10.8. The predicted octanol–water partition coefficient (Wildman–Crippen LogP) is 2.54. The second-order valence-corrected chi connectivity index (χ2v) is 4.43. The molecule has 1 aliphatic heterocycles. The minimum absolute atomic E-state index is 0.0614. The molecular weight excluding hydrogens is 297 g/mol. The maximum Gasteiger partial charge on any atom is 0.419 e. The lowest BCUT2D eigenvalue weighted by atomic mass is 9.80. The van der Waals surface area contributed by atoms with Crippen molar-refractivity contribution in [1.82, 2.24) is 0 Å². The highest BCUT2D eigenvalue weighted by Gasteiger charge is 2.42. The third kappa shape index (κ3) is 2.30. The van der Waals surface area contributed by atoms with E-state index in [2.05, 4.69) is 0 Å². The zero-order chi connectivity index (χ0) is 16.5. The van der Waals surface area contributed by atoms with Gasteiger partial charge >= 0.3 is 6.18 Å². The minimum Gasteiger partial charge on any atom is -0.440 e. The number of hydrogen-bond donors (Lipinski definition) is 1. The summed E-state index contributed by atoms with van der Waals surface area (Å²) in [7, 11) is 0. The summed E-state index contributed by atoms with van der Waals surface area (Å²) in [5.74, 6) is -3.66. The number of alkyl halides is 3. The Bertz CT molecular complexity index is 763. The summed E-state index contributed by atoms with van der Waals surface area (Å²) in [5.41, 5.74) is 4.13. The molecule has 1 aromatic carbocycles. The van der Waals surface area contributed by atoms with E-state index in [0.717, 1.165) is 12.1 Å². The van der Waals surface area contributed by atoms with Crippen molar-refractivity contribution in [2.24, 2.45) is 11.7 Å². The molecule has 0 spiro atoms. The van der Waals surface area contributed by atoms with Gasteiger partial charge in [0.25, 0.3) is 0 Å². The lowest BCUT2D eigenvalue weighted by Crippen LogP contribution is -2.26. The highest BCUT2D eigenvalue weighted by molar-refractivity contribution is 5.55. The number of hydrogen-bond acceptors (Lipinski definition) is 5. The van der Waals surface area contributed by atoms with Crippen LogP contribution in [0.2, 0.25) is 0 Å². The van der Waals surface area contributed by atoms with Gasteiger partial charge in [-0.15, -0.1) is 0 Å². The molecule has 0 saturated carbocycles. The molecule has 1 aliphatic rings. The Labute approximate surface area is 123 Å². The van der Waals surface area contributed by atoms with Crippen molar-refractivity contribution in [3.05, 3.63) is 40.8 Å². The van der Waals surface area contributed by atoms with Crippen molar-refractivity contribution >= 4 is 0 Å². The molecule has 0 saturated heterocycles. The number of nitrogens with two attached hydrogens (primary N) is 1. The summed E-state index contributed by atoms with van der Waals surface area (Å²) in [5, 5.41) is 27.2. The molecule has 0 fully saturated rings. The molecule has 0 amide bonds. The van der Waals surface area contributed by atoms with Gasteiger partial charge in [-0.1, -0.05) is 12.1 Å². The number of para-hydroxylation sites is 1. The quantitative estimate of drug-likeness (QED) is 0.858. The van der Waals surface area contributed by atoms with Crippen LogP contribution in [0.3, 0.4) is 0 Å². The van der Waals surface area contributed by atoms with Gasteiger partial charge in [-0.3, -0.25) is 0 Å². The standard InChI is InChI=1S/C14H7F3N4O/c15-14(16,17)10-3-1-2-8-11(7(4-18)5-19)9(6-20)13(21)22-12(8)10/h1-3,7,11H,21H2. The minimum atomic E-state index is -4.70. The van der Waals surface area contributed by atoms with Crippen LogP contribution in [0.5, 0.6) is 5.75 Å². The van der Waals surface area contributed by atoms with E-state index in [4.69, 9.17) is 26.3 Å². The van der Waals surface area contributed by atoms with E-state index in [9.17, 15) is 13.2 Å². The van der Waals surface area contributed by atoms with Crippen molar-refractivity contribution in [3.8, 4) is 24.0 Å². The van der Waals surface area contributed by atoms with Crippen LogP contribution >= 0.6 is 0 Å². The first-order valence-electron chi connectivity index (χ1n) is 5.92. The summed E-state index contributed by atoms with van der Waals surface area (Å²) in [4.78, 5) is 0. The first-order chi connectivity index (χ1) is 10.3. The number of rotatable bonds is 1. The van der Waals surface area contributed by atoms with Crippen molar-refractivity contribution in [3.63, 3.8) is 0 Å². The highest BCUT2D eigenvalue weighted by atomic mass is 19.4. The van der Waals surface area contributed by atoms with Gasteiger partial charge in [-0.2, -0.15) is 29.0 Å². The van der Waals surface area contributed by atoms with E-state index >= 15 is 0 Å². The average molecular weight is 304 g/mol. The fourth-order valence-corrected chi connectivity index (χ4v) is 2.26. The fraction of sp³-hybridized carbons (Fsp3) is 0.214. The lowest BCUT2D eigenvalue weighted by molar-refractivity contribution is -0.138. The molecule has 2 N–H and O–H groups in total. The van der Waals surface area contributed by atoms with Crippen molar-refractivity contribution in [1.29, 1.82) is 15.8 Å². The molecule has 1 unspecified atom stereocenters. The first-order valence-corrected chi connectivity index (χ1v) is 5.92. The van der Waals surface area contributed by atoms with Crippen LogP contribution in [0.4, 0.5) is 13.2 Å². The van der Waals surface area contributed by atoms with Crippen LogP contribution in [0.25, 0.3) is 0 Å². The molecule has 1 atom stereocenters. The van der Waals surface area contributed by atoms with Crippen LogP contribution < -0.4 is 10.5 Å². The Balaban J connectivity index is 2.76. The molecule has 0 aromatic heterocycles. The van der Waals surface area contributed by atoms with E-state index in [0.29, 0.717) is 0 Å². The van der Waals surface area contributed by atoms with Gasteiger partial charge in [0.2, 0.25) is 5.88 Å². The van der Waals surface area contributed by atoms with Crippen LogP contribution in [-0.2, 0) is 6.18 Å². The Kier molecular flexibility index (Phi) is 3.67. The molecule has 0 radical (unpaired) electrons. The lowest BCUT2D eigenvalue weighted by Gasteiger charge is -2.28. The third-order valence-electron chi connectivity index (χ3n) is 3.21. The maximum absolute atomic E-state index is 13.0. The summed E-state index contributed by atoms with van der Waals surface area (Å²) in [6.45, 7) is 0. The number of ether oxygens (including phenoxy) is 1. The maximum atomic E-state index is 13.0. The Morgan fingerprint density at radius 2 is 1.82 bits per heavy atom. The largest absolute Gasteiger partial charge is 0.440 e. The predicted molar refractivity (Wildman–Crippen MR) is 66.4 cm³/mol. The van der Waals surface area contributed by atoms with Gasteiger partial charge in [-0.25, -0.2) is 0 Å². The monoisotopic (exact) mass is 304 g/mol. The smallest absolute Gasteiger partial charge is 0.419 e. The number of benzene rings is 1. The molecule has 22 heavy (non-hydrogen) atoms. The van der Waals surface area contributed by atoms with E-state index < -0.39 is 35.2 Å². The van der Waals surface area contributed by atoms with E-state index in [1.54, 1.807) is 18.2 Å².